The van der Waals surface area contributed by atoms with E-state index in [9.17, 15) is 5.02 Å². The smallest absolute Gasteiger partial charge is 0.537 e. The lowest BCUT2D eigenvalue weighted by Gasteiger charge is -2.15. The van der Waals surface area contributed by atoms with Gasteiger partial charge in [-0.25, -0.2) is 0 Å². The normalized spacial score (nSPS) is 11.4. The van der Waals surface area contributed by atoms with Crippen LogP contribution in [-0.2, 0) is 0 Å². The van der Waals surface area contributed by atoms with Crippen molar-refractivity contribution >= 4 is 50.8 Å². The van der Waals surface area contributed by atoms with Crippen LogP contribution in [0.25, 0.3) is 43.1 Å². The van der Waals surface area contributed by atoms with Gasteiger partial charge < -0.3 is 9.68 Å². The Bertz CT molecular complexity index is 1260. The Labute approximate surface area is 145 Å². The van der Waals surface area contributed by atoms with Gasteiger partial charge in [0.25, 0.3) is 0 Å². The van der Waals surface area contributed by atoms with Gasteiger partial charge in [0.15, 0.2) is 0 Å². The van der Waals surface area contributed by atoms with Crippen molar-refractivity contribution in [2.45, 2.75) is 0 Å². The molecule has 0 aliphatic heterocycles. The van der Waals surface area contributed by atoms with E-state index >= 15 is 0 Å². The van der Waals surface area contributed by atoms with Crippen molar-refractivity contribution < 1.29 is 9.68 Å². The molecule has 0 bridgehead atoms. The van der Waals surface area contributed by atoms with E-state index in [1.165, 1.54) is 26.9 Å². The fourth-order valence-electron chi connectivity index (χ4n) is 3.89. The third-order valence-corrected chi connectivity index (χ3v) is 4.89. The molecular formula is C22H14BO2. The first-order valence-electron chi connectivity index (χ1n) is 8.26. The molecule has 1 radical (unpaired) electrons. The molecule has 0 atom stereocenters. The van der Waals surface area contributed by atoms with Crippen LogP contribution in [0.3, 0.4) is 0 Å². The van der Waals surface area contributed by atoms with Crippen LogP contribution in [0, 0.1) is 0 Å². The molecule has 0 amide bonds. The first-order valence-corrected chi connectivity index (χ1v) is 8.26. The molecule has 3 heteroatoms. The summed E-state index contributed by atoms with van der Waals surface area (Å²) in [6.07, 6.45) is 0. The summed E-state index contributed by atoms with van der Waals surface area (Å²) in [5.74, 6) is 0.658. The molecule has 0 unspecified atom stereocenters. The van der Waals surface area contributed by atoms with E-state index in [4.69, 9.17) is 4.65 Å². The molecule has 0 heterocycles. The summed E-state index contributed by atoms with van der Waals surface area (Å²) in [4.78, 5) is 0. The van der Waals surface area contributed by atoms with E-state index < -0.39 is 0 Å². The number of rotatable bonds is 2. The van der Waals surface area contributed by atoms with Crippen LogP contribution in [0.4, 0.5) is 0 Å². The molecule has 0 aromatic heterocycles. The van der Waals surface area contributed by atoms with Gasteiger partial charge in [0.05, 0.1) is 0 Å². The summed E-state index contributed by atoms with van der Waals surface area (Å²) < 4.78 is 5.42. The second kappa shape index (κ2) is 5.50. The monoisotopic (exact) mass is 321 g/mol. The van der Waals surface area contributed by atoms with E-state index in [1.807, 2.05) is 24.3 Å². The van der Waals surface area contributed by atoms with Gasteiger partial charge >= 0.3 is 7.69 Å². The Morgan fingerprint density at radius 3 is 1.60 bits per heavy atom. The number of hydrogen-bond acceptors (Lipinski definition) is 2. The molecular weight excluding hydrogens is 307 g/mol. The molecule has 2 nitrogen and oxygen atoms in total. The van der Waals surface area contributed by atoms with Gasteiger partial charge in [-0.1, -0.05) is 72.8 Å². The van der Waals surface area contributed by atoms with Crippen LogP contribution in [0.5, 0.6) is 5.75 Å². The van der Waals surface area contributed by atoms with Crippen LogP contribution in [0.1, 0.15) is 0 Å². The third kappa shape index (κ3) is 2.03. The SMILES string of the molecule is O[B]Oc1cc2c3ccccc3c3ccccc3c2c2ccccc12. The molecule has 0 saturated carbocycles. The van der Waals surface area contributed by atoms with Crippen molar-refractivity contribution in [1.82, 2.24) is 0 Å². The highest BCUT2D eigenvalue weighted by Crippen LogP contribution is 2.41. The molecule has 5 rings (SSSR count). The zero-order valence-electron chi connectivity index (χ0n) is 13.4. The molecule has 5 aromatic rings. The molecule has 25 heavy (non-hydrogen) atoms. The topological polar surface area (TPSA) is 29.5 Å². The highest BCUT2D eigenvalue weighted by Gasteiger charge is 2.14. The van der Waals surface area contributed by atoms with Crippen LogP contribution in [-0.4, -0.2) is 12.7 Å². The first-order chi connectivity index (χ1) is 12.4. The predicted octanol–water partition coefficient (Wildman–Crippen LogP) is 5.20. The predicted molar refractivity (Wildman–Crippen MR) is 105 cm³/mol. The van der Waals surface area contributed by atoms with Crippen molar-refractivity contribution in [2.75, 3.05) is 0 Å². The summed E-state index contributed by atoms with van der Waals surface area (Å²) in [5, 5.41) is 18.5. The van der Waals surface area contributed by atoms with Crippen LogP contribution >= 0.6 is 0 Å². The minimum absolute atomic E-state index is 0.658. The summed E-state index contributed by atoms with van der Waals surface area (Å²) in [5.41, 5.74) is 0. The zero-order valence-corrected chi connectivity index (χ0v) is 13.4. The van der Waals surface area contributed by atoms with Gasteiger partial charge in [0, 0.05) is 5.39 Å². The van der Waals surface area contributed by atoms with Crippen molar-refractivity contribution in [3.05, 3.63) is 78.9 Å². The minimum Gasteiger partial charge on any atom is -0.537 e. The van der Waals surface area contributed by atoms with Gasteiger partial charge in [0.2, 0.25) is 0 Å². The number of hydrogen-bond donors (Lipinski definition) is 1. The average Bonchev–Trinajstić information content (AvgIpc) is 2.68. The quantitative estimate of drug-likeness (QED) is 0.357. The van der Waals surface area contributed by atoms with Gasteiger partial charge in [-0.05, 0) is 43.8 Å². The molecule has 1 N–H and O–H groups in total. The van der Waals surface area contributed by atoms with Crippen LogP contribution in [0.15, 0.2) is 78.9 Å². The van der Waals surface area contributed by atoms with Gasteiger partial charge in [-0.3, -0.25) is 0 Å². The fraction of sp³-hybridized carbons (Fsp3) is 0. The fourth-order valence-corrected chi connectivity index (χ4v) is 3.89. The van der Waals surface area contributed by atoms with E-state index in [0.29, 0.717) is 5.75 Å². The average molecular weight is 321 g/mol. The van der Waals surface area contributed by atoms with Crippen molar-refractivity contribution in [3.8, 4) is 5.75 Å². The maximum atomic E-state index is 9.19. The summed E-state index contributed by atoms with van der Waals surface area (Å²) in [7, 11) is 0.747. The van der Waals surface area contributed by atoms with Gasteiger partial charge in [-0.15, -0.1) is 0 Å². The molecule has 5 aromatic carbocycles. The summed E-state index contributed by atoms with van der Waals surface area (Å²) in [6.45, 7) is 0. The van der Waals surface area contributed by atoms with Crippen molar-refractivity contribution in [2.24, 2.45) is 0 Å². The Kier molecular flexibility index (Phi) is 3.15. The standard InChI is InChI=1S/C22H14BO2/c24-23-25-21-13-20-16-9-2-1-7-14(16)15-8-3-5-11-18(15)22(20)19-12-6-4-10-17(19)21/h1-13,24H. The molecule has 117 valence electrons. The highest BCUT2D eigenvalue weighted by molar-refractivity contribution is 6.32. The third-order valence-electron chi connectivity index (χ3n) is 4.89. The summed E-state index contributed by atoms with van der Waals surface area (Å²) >= 11 is 0. The molecule has 0 aliphatic carbocycles. The van der Waals surface area contributed by atoms with Gasteiger partial charge in [-0.2, -0.15) is 0 Å². The first kappa shape index (κ1) is 14.3. The Morgan fingerprint density at radius 1 is 0.560 bits per heavy atom. The minimum atomic E-state index is 0.658. The maximum absolute atomic E-state index is 9.19. The van der Waals surface area contributed by atoms with Crippen molar-refractivity contribution in [3.63, 3.8) is 0 Å². The Morgan fingerprint density at radius 2 is 1.00 bits per heavy atom. The molecule has 0 aliphatic rings. The molecule has 0 saturated heterocycles. The van der Waals surface area contributed by atoms with E-state index in [1.54, 1.807) is 0 Å². The van der Waals surface area contributed by atoms with Gasteiger partial charge in [0.1, 0.15) is 5.75 Å². The Hall–Kier alpha value is -3.04. The lowest BCUT2D eigenvalue weighted by atomic mass is 9.91. The van der Waals surface area contributed by atoms with E-state index in [0.717, 1.165) is 23.8 Å². The Balaban J connectivity index is 2.15. The van der Waals surface area contributed by atoms with E-state index in [-0.39, 0.29) is 0 Å². The van der Waals surface area contributed by atoms with E-state index in [2.05, 4.69) is 54.6 Å². The zero-order chi connectivity index (χ0) is 16.8. The molecule has 0 fully saturated rings. The summed E-state index contributed by atoms with van der Waals surface area (Å²) in [6, 6.07) is 27.1. The second-order valence-electron chi connectivity index (χ2n) is 6.16. The number of fused-ring (bicyclic) bond motifs is 8. The second-order valence-corrected chi connectivity index (χ2v) is 6.16. The van der Waals surface area contributed by atoms with Crippen molar-refractivity contribution in [1.29, 1.82) is 0 Å². The van der Waals surface area contributed by atoms with Crippen LogP contribution < -0.4 is 4.65 Å². The maximum Gasteiger partial charge on any atom is 0.569 e. The van der Waals surface area contributed by atoms with Crippen LogP contribution in [0.2, 0.25) is 0 Å². The molecule has 0 spiro atoms. The highest BCUT2D eigenvalue weighted by atomic mass is 16.5. The lowest BCUT2D eigenvalue weighted by molar-refractivity contribution is 0.457. The number of benzene rings is 5. The lowest BCUT2D eigenvalue weighted by Crippen LogP contribution is -2.00. The largest absolute Gasteiger partial charge is 0.569 e.